The van der Waals surface area contributed by atoms with Crippen molar-refractivity contribution in [3.8, 4) is 23.0 Å². The van der Waals surface area contributed by atoms with Crippen molar-refractivity contribution in [3.63, 3.8) is 0 Å². The highest BCUT2D eigenvalue weighted by Gasteiger charge is 2.14. The average molecular weight is 335 g/mol. The molecule has 0 atom stereocenters. The molecule has 0 saturated heterocycles. The van der Waals surface area contributed by atoms with E-state index in [4.69, 9.17) is 30.5 Å². The number of hydrogen-bond donors (Lipinski definition) is 0. The number of ether oxygens (including phenoxy) is 4. The van der Waals surface area contributed by atoms with Gasteiger partial charge in [-0.05, 0) is 35.9 Å². The Morgan fingerprint density at radius 2 is 1.39 bits per heavy atom. The van der Waals surface area contributed by atoms with Crippen molar-refractivity contribution in [2.45, 2.75) is 0 Å². The van der Waals surface area contributed by atoms with Gasteiger partial charge in [0.1, 0.15) is 5.75 Å². The number of hydrogen-bond acceptors (Lipinski definition) is 4. The maximum Gasteiger partial charge on any atom is 0.203 e. The lowest BCUT2D eigenvalue weighted by Gasteiger charge is -2.14. The molecular weight excluding hydrogens is 316 g/mol. The quantitative estimate of drug-likeness (QED) is 0.726. The Kier molecular flexibility index (Phi) is 5.77. The van der Waals surface area contributed by atoms with E-state index >= 15 is 0 Å². The van der Waals surface area contributed by atoms with Gasteiger partial charge < -0.3 is 18.9 Å². The van der Waals surface area contributed by atoms with Crippen molar-refractivity contribution in [2.24, 2.45) is 0 Å². The first kappa shape index (κ1) is 17.0. The number of methoxy groups -OCH3 is 4. The van der Waals surface area contributed by atoms with E-state index in [9.17, 15) is 0 Å². The number of halogens is 1. The second-order valence-electron chi connectivity index (χ2n) is 4.64. The largest absolute Gasteiger partial charge is 0.497 e. The zero-order chi connectivity index (χ0) is 16.8. The first-order valence-corrected chi connectivity index (χ1v) is 7.33. The zero-order valence-corrected chi connectivity index (χ0v) is 14.3. The fourth-order valence-corrected chi connectivity index (χ4v) is 2.44. The predicted molar refractivity (Wildman–Crippen MR) is 93.0 cm³/mol. The third kappa shape index (κ3) is 3.71. The summed E-state index contributed by atoms with van der Waals surface area (Å²) in [6.45, 7) is 0. The molecule has 2 aromatic carbocycles. The monoisotopic (exact) mass is 334 g/mol. The van der Waals surface area contributed by atoms with Gasteiger partial charge in [0.2, 0.25) is 5.75 Å². The lowest BCUT2D eigenvalue weighted by molar-refractivity contribution is 0.324. The molecule has 0 saturated carbocycles. The van der Waals surface area contributed by atoms with Gasteiger partial charge in [-0.25, -0.2) is 0 Å². The Balaban J connectivity index is 2.39. The van der Waals surface area contributed by atoms with Crippen LogP contribution in [-0.2, 0) is 0 Å². The minimum Gasteiger partial charge on any atom is -0.497 e. The summed E-state index contributed by atoms with van der Waals surface area (Å²) in [5.74, 6) is 2.49. The Morgan fingerprint density at radius 3 is 1.96 bits per heavy atom. The van der Waals surface area contributed by atoms with Gasteiger partial charge in [-0.1, -0.05) is 23.8 Å². The van der Waals surface area contributed by atoms with E-state index in [1.165, 1.54) is 0 Å². The van der Waals surface area contributed by atoms with Gasteiger partial charge in [0.15, 0.2) is 11.5 Å². The molecule has 122 valence electrons. The maximum atomic E-state index is 6.25. The maximum absolute atomic E-state index is 6.25. The first-order valence-electron chi connectivity index (χ1n) is 6.95. The summed E-state index contributed by atoms with van der Waals surface area (Å²) >= 11 is 6.25. The van der Waals surface area contributed by atoms with Crippen LogP contribution in [0.5, 0.6) is 23.0 Å². The molecule has 0 N–H and O–H groups in total. The average Bonchev–Trinajstić information content (AvgIpc) is 2.59. The minimum absolute atomic E-state index is 0.554. The normalized spacial score (nSPS) is 10.7. The number of rotatable bonds is 6. The van der Waals surface area contributed by atoms with Gasteiger partial charge in [-0.2, -0.15) is 0 Å². The molecule has 0 aliphatic carbocycles. The van der Waals surface area contributed by atoms with Crippen LogP contribution in [0, 0.1) is 0 Å². The summed E-state index contributed by atoms with van der Waals surface area (Å²) in [6, 6.07) is 9.25. The molecule has 0 amide bonds. The van der Waals surface area contributed by atoms with Crippen LogP contribution in [0.15, 0.2) is 30.3 Å². The Hall–Kier alpha value is -2.33. The van der Waals surface area contributed by atoms with Crippen LogP contribution in [0.3, 0.4) is 0 Å². The standard InChI is InChI=1S/C18H19ClO4/c1-20-14-9-7-12(15(19)11-14)5-6-13-8-10-16(21-2)18(23-4)17(13)22-3/h5-11H,1-4H3/b6-5-. The van der Waals surface area contributed by atoms with Crippen molar-refractivity contribution in [1.29, 1.82) is 0 Å². The topological polar surface area (TPSA) is 36.9 Å². The van der Waals surface area contributed by atoms with Gasteiger partial charge >= 0.3 is 0 Å². The summed E-state index contributed by atoms with van der Waals surface area (Å²) < 4.78 is 21.3. The molecule has 0 spiro atoms. The van der Waals surface area contributed by atoms with Gasteiger partial charge in [0.05, 0.1) is 33.5 Å². The van der Waals surface area contributed by atoms with Gasteiger partial charge in [-0.15, -0.1) is 0 Å². The fourth-order valence-electron chi connectivity index (χ4n) is 2.21. The van der Waals surface area contributed by atoms with Crippen molar-refractivity contribution >= 4 is 23.8 Å². The molecule has 5 heteroatoms. The van der Waals surface area contributed by atoms with E-state index in [2.05, 4.69) is 0 Å². The molecule has 0 bridgehead atoms. The molecule has 0 fully saturated rings. The first-order chi connectivity index (χ1) is 11.1. The van der Waals surface area contributed by atoms with Crippen molar-refractivity contribution in [2.75, 3.05) is 28.4 Å². The molecule has 23 heavy (non-hydrogen) atoms. The van der Waals surface area contributed by atoms with E-state index in [1.807, 2.05) is 36.4 Å². The van der Waals surface area contributed by atoms with Crippen molar-refractivity contribution in [1.82, 2.24) is 0 Å². The molecule has 0 unspecified atom stereocenters. The summed E-state index contributed by atoms with van der Waals surface area (Å²) in [5, 5.41) is 0.611. The zero-order valence-electron chi connectivity index (χ0n) is 13.6. The van der Waals surface area contributed by atoms with Crippen LogP contribution in [-0.4, -0.2) is 28.4 Å². The van der Waals surface area contributed by atoms with Crippen LogP contribution in [0.2, 0.25) is 5.02 Å². The van der Waals surface area contributed by atoms with Crippen molar-refractivity contribution < 1.29 is 18.9 Å². The van der Waals surface area contributed by atoms with Gasteiger partial charge in [0.25, 0.3) is 0 Å². The fraction of sp³-hybridized carbons (Fsp3) is 0.222. The van der Waals surface area contributed by atoms with Crippen LogP contribution >= 0.6 is 11.6 Å². The summed E-state index contributed by atoms with van der Waals surface area (Å²) in [7, 11) is 6.36. The number of benzene rings is 2. The molecule has 2 aromatic rings. The summed E-state index contributed by atoms with van der Waals surface area (Å²) in [4.78, 5) is 0. The van der Waals surface area contributed by atoms with Gasteiger partial charge in [0, 0.05) is 5.56 Å². The highest BCUT2D eigenvalue weighted by Crippen LogP contribution is 2.40. The molecule has 4 nitrogen and oxygen atoms in total. The molecule has 0 aliphatic heterocycles. The Bertz CT molecular complexity index is 710. The van der Waals surface area contributed by atoms with Crippen LogP contribution in [0.25, 0.3) is 12.2 Å². The molecule has 0 radical (unpaired) electrons. The summed E-state index contributed by atoms with van der Waals surface area (Å²) in [6.07, 6.45) is 3.82. The highest BCUT2D eigenvalue weighted by atomic mass is 35.5. The van der Waals surface area contributed by atoms with Crippen LogP contribution < -0.4 is 18.9 Å². The highest BCUT2D eigenvalue weighted by molar-refractivity contribution is 6.32. The Morgan fingerprint density at radius 1 is 0.739 bits per heavy atom. The van der Waals surface area contributed by atoms with Crippen LogP contribution in [0.1, 0.15) is 11.1 Å². The molecule has 2 rings (SSSR count). The van der Waals surface area contributed by atoms with Crippen LogP contribution in [0.4, 0.5) is 0 Å². The lowest BCUT2D eigenvalue weighted by Crippen LogP contribution is -1.96. The molecular formula is C18H19ClO4. The second-order valence-corrected chi connectivity index (χ2v) is 5.05. The Labute approximate surface area is 141 Å². The van der Waals surface area contributed by atoms with E-state index in [1.54, 1.807) is 34.5 Å². The van der Waals surface area contributed by atoms with E-state index in [0.717, 1.165) is 16.9 Å². The molecule has 0 heterocycles. The summed E-state index contributed by atoms with van der Waals surface area (Å²) in [5.41, 5.74) is 1.74. The SMILES string of the molecule is COc1ccc(/C=C\c2ccc(OC)c(OC)c2OC)c(Cl)c1. The van der Waals surface area contributed by atoms with Crippen molar-refractivity contribution in [3.05, 3.63) is 46.5 Å². The third-order valence-electron chi connectivity index (χ3n) is 3.38. The lowest BCUT2D eigenvalue weighted by atomic mass is 10.1. The molecule has 0 aromatic heterocycles. The smallest absolute Gasteiger partial charge is 0.203 e. The van der Waals surface area contributed by atoms with E-state index in [-0.39, 0.29) is 0 Å². The van der Waals surface area contributed by atoms with E-state index in [0.29, 0.717) is 22.3 Å². The van der Waals surface area contributed by atoms with Gasteiger partial charge in [-0.3, -0.25) is 0 Å². The molecule has 0 aliphatic rings. The minimum atomic E-state index is 0.554. The predicted octanol–water partition coefficient (Wildman–Crippen LogP) is 4.54. The third-order valence-corrected chi connectivity index (χ3v) is 3.71. The van der Waals surface area contributed by atoms with E-state index < -0.39 is 0 Å². The second kappa shape index (κ2) is 7.79.